The van der Waals surface area contributed by atoms with Crippen LogP contribution in [0.5, 0.6) is 0 Å². The minimum Gasteiger partial charge on any atom is -0.454 e. The topological polar surface area (TPSA) is 156 Å². The van der Waals surface area contributed by atoms with Gasteiger partial charge in [0.25, 0.3) is 0 Å². The van der Waals surface area contributed by atoms with Crippen molar-refractivity contribution in [3.8, 4) is 0 Å². The van der Waals surface area contributed by atoms with Gasteiger partial charge in [-0.3, -0.25) is 19.2 Å². The number of nitrogens with zero attached hydrogens (tertiary/aromatic N) is 2. The number of nitrogens with one attached hydrogen (secondary N) is 2. The number of aliphatic hydroxyl groups is 1. The molecule has 0 aliphatic carbocycles. The monoisotopic (exact) mass is 532 g/mol. The number of rotatable bonds is 16. The fourth-order valence-corrected chi connectivity index (χ4v) is 3.18. The average molecular weight is 533 g/mol. The normalized spacial score (nSPS) is 15.8. The van der Waals surface area contributed by atoms with Crippen LogP contribution in [0, 0.1) is 0 Å². The zero-order valence-corrected chi connectivity index (χ0v) is 24.3. The van der Waals surface area contributed by atoms with Gasteiger partial charge in [0.05, 0.1) is 18.9 Å². The summed E-state index contributed by atoms with van der Waals surface area (Å²) in [6.45, 7) is 17.0. The Morgan fingerprint density at radius 2 is 1.39 bits per heavy atom. The number of hydrogen-bond donors (Lipinski definition) is 3. The molecule has 2 unspecified atom stereocenters. The van der Waals surface area contributed by atoms with E-state index in [0.29, 0.717) is 6.42 Å². The Balaban J connectivity index is 4.93. The van der Waals surface area contributed by atoms with E-state index in [1.807, 2.05) is 13.3 Å². The van der Waals surface area contributed by atoms with Gasteiger partial charge in [0.1, 0.15) is 5.60 Å². The quantitative estimate of drug-likeness (QED) is 0.119. The van der Waals surface area contributed by atoms with Crippen LogP contribution < -0.4 is 10.6 Å². The van der Waals surface area contributed by atoms with Crippen LogP contribution in [0.1, 0.15) is 61.8 Å². The fraction of sp³-hybridized carbons (Fsp3) is 0.833. The van der Waals surface area contributed by atoms with Crippen molar-refractivity contribution in [3.63, 3.8) is 0 Å². The maximum atomic E-state index is 13.0. The molecule has 0 aliphatic rings. The van der Waals surface area contributed by atoms with Gasteiger partial charge >= 0.3 is 5.97 Å². The van der Waals surface area contributed by atoms with Crippen LogP contribution in [0.25, 0.3) is 0 Å². The molecule has 3 N–H and O–H groups in total. The molecule has 3 atom stereocenters. The van der Waals surface area contributed by atoms with Crippen molar-refractivity contribution < 1.29 is 33.8 Å². The van der Waals surface area contributed by atoms with Crippen LogP contribution in [0.15, 0.2) is 10.2 Å². The number of ether oxygens (including phenoxy) is 2. The smallest absolute Gasteiger partial charge is 0.313 e. The van der Waals surface area contributed by atoms with E-state index in [2.05, 4.69) is 20.9 Å². The molecular formula is C24H45N4O7P. The van der Waals surface area contributed by atoms with Gasteiger partial charge < -0.3 is 25.2 Å². The van der Waals surface area contributed by atoms with E-state index in [1.54, 1.807) is 55.4 Å². The van der Waals surface area contributed by atoms with Gasteiger partial charge in [0.15, 0.2) is 17.2 Å². The van der Waals surface area contributed by atoms with E-state index in [0.717, 1.165) is 0 Å². The number of Topliss-reactive ketones (excluding diaryl/α,β-unsaturated/α-hetero) is 1. The fourth-order valence-electron chi connectivity index (χ4n) is 2.70. The minimum atomic E-state index is -1.25. The zero-order chi connectivity index (χ0) is 28.3. The molecule has 0 fully saturated rings. The van der Waals surface area contributed by atoms with Gasteiger partial charge in [-0.15, -0.1) is 0 Å². The van der Waals surface area contributed by atoms with Gasteiger partial charge in [-0.25, -0.2) is 0 Å². The maximum absolute atomic E-state index is 13.0. The first-order chi connectivity index (χ1) is 16.4. The zero-order valence-electron chi connectivity index (χ0n) is 23.4. The summed E-state index contributed by atoms with van der Waals surface area (Å²) in [5.74, 6) is -1.60. The predicted molar refractivity (Wildman–Crippen MR) is 140 cm³/mol. The van der Waals surface area contributed by atoms with Crippen LogP contribution in [-0.2, 0) is 28.7 Å². The van der Waals surface area contributed by atoms with Crippen LogP contribution in [0.3, 0.4) is 0 Å². The largest absolute Gasteiger partial charge is 0.454 e. The Kier molecular flexibility index (Phi) is 13.9. The summed E-state index contributed by atoms with van der Waals surface area (Å²) in [7, 11) is -0.527. The van der Waals surface area contributed by atoms with Crippen LogP contribution in [0.2, 0.25) is 0 Å². The van der Waals surface area contributed by atoms with Crippen molar-refractivity contribution in [1.82, 2.24) is 10.6 Å². The Morgan fingerprint density at radius 1 is 0.917 bits per heavy atom. The summed E-state index contributed by atoms with van der Waals surface area (Å²) in [5.41, 5.74) is -3.92. The molecule has 0 radical (unpaired) electrons. The highest BCUT2D eigenvalue weighted by molar-refractivity contribution is 7.57. The van der Waals surface area contributed by atoms with Gasteiger partial charge in [0, 0.05) is 13.1 Å². The van der Waals surface area contributed by atoms with Crippen LogP contribution >= 0.6 is 7.92 Å². The highest BCUT2D eigenvalue weighted by Crippen LogP contribution is 2.33. The van der Waals surface area contributed by atoms with Gasteiger partial charge in [-0.05, 0) is 68.2 Å². The third-order valence-electron chi connectivity index (χ3n) is 5.84. The minimum absolute atomic E-state index is 0.0520. The van der Waals surface area contributed by atoms with Crippen molar-refractivity contribution >= 4 is 31.5 Å². The lowest BCUT2D eigenvalue weighted by Crippen LogP contribution is -2.48. The second kappa shape index (κ2) is 14.7. The molecule has 0 aromatic carbocycles. The van der Waals surface area contributed by atoms with E-state index in [-0.39, 0.29) is 37.7 Å². The Morgan fingerprint density at radius 3 is 1.81 bits per heavy atom. The highest BCUT2D eigenvalue weighted by Gasteiger charge is 2.38. The average Bonchev–Trinajstić information content (AvgIpc) is 2.82. The van der Waals surface area contributed by atoms with E-state index in [1.165, 1.54) is 0 Å². The van der Waals surface area contributed by atoms with E-state index >= 15 is 0 Å². The van der Waals surface area contributed by atoms with E-state index < -0.39 is 48.5 Å². The molecular weight excluding hydrogens is 487 g/mol. The second-order valence-electron chi connectivity index (χ2n) is 10.1. The molecule has 0 spiro atoms. The molecule has 2 amide bonds. The first-order valence-electron chi connectivity index (χ1n) is 12.1. The van der Waals surface area contributed by atoms with Crippen molar-refractivity contribution in [2.24, 2.45) is 10.2 Å². The molecule has 0 aromatic rings. The summed E-state index contributed by atoms with van der Waals surface area (Å²) in [6.07, 6.45) is -0.592. The molecule has 0 bridgehead atoms. The second-order valence-corrected chi connectivity index (χ2v) is 12.8. The predicted octanol–water partition coefficient (Wildman–Crippen LogP) is 2.04. The van der Waals surface area contributed by atoms with Crippen molar-refractivity contribution in [1.29, 1.82) is 0 Å². The molecule has 0 aliphatic heterocycles. The highest BCUT2D eigenvalue weighted by atomic mass is 31.1. The standard InChI is InChI=1S/C24H45N4O7P/c1-11-24(8,18(30)16(2)35-19(31)17(3)36(9)10)34-15-13-26-21(33)23(6,7)28-27-22(4,5)20(32)25-12-14-29/h16-17,29H,11-15H2,1-10H3,(H,25,32)(H,26,33)/t16?,17-,24?/m0/s1. The molecule has 0 rings (SSSR count). The molecule has 0 saturated heterocycles. The molecule has 0 saturated carbocycles. The van der Waals surface area contributed by atoms with Gasteiger partial charge in [-0.2, -0.15) is 10.2 Å². The third kappa shape index (κ3) is 10.6. The molecule has 12 heteroatoms. The summed E-state index contributed by atoms with van der Waals surface area (Å²) in [6, 6.07) is 0. The molecule has 0 aromatic heterocycles. The lowest BCUT2D eigenvalue weighted by atomic mass is 9.94. The van der Waals surface area contributed by atoms with Crippen molar-refractivity contribution in [2.75, 3.05) is 39.6 Å². The Hall–Kier alpha value is -1.97. The van der Waals surface area contributed by atoms with E-state index in [9.17, 15) is 19.2 Å². The Bertz CT molecular complexity index is 801. The van der Waals surface area contributed by atoms with Gasteiger partial charge in [-0.1, -0.05) is 14.8 Å². The van der Waals surface area contributed by atoms with Crippen molar-refractivity contribution in [2.45, 2.75) is 90.3 Å². The summed E-state index contributed by atoms with van der Waals surface area (Å²) >= 11 is 0. The first-order valence-corrected chi connectivity index (χ1v) is 14.4. The van der Waals surface area contributed by atoms with Crippen molar-refractivity contribution in [3.05, 3.63) is 0 Å². The summed E-state index contributed by atoms with van der Waals surface area (Å²) in [5, 5.41) is 22.1. The number of ketones is 1. The van der Waals surface area contributed by atoms with Crippen LogP contribution in [0.4, 0.5) is 0 Å². The Labute approximate surface area is 216 Å². The summed E-state index contributed by atoms with van der Waals surface area (Å²) < 4.78 is 11.2. The number of azo groups is 1. The number of carbonyl (C=O) groups excluding carboxylic acids is 4. The number of hydrogen-bond acceptors (Lipinski definition) is 9. The molecule has 0 heterocycles. The van der Waals surface area contributed by atoms with Crippen LogP contribution in [-0.4, -0.2) is 96.7 Å². The molecule has 208 valence electrons. The molecule has 11 nitrogen and oxygen atoms in total. The number of carbonyl (C=O) groups is 4. The lowest BCUT2D eigenvalue weighted by molar-refractivity contribution is -0.164. The number of amides is 2. The number of aliphatic hydroxyl groups excluding tert-OH is 1. The van der Waals surface area contributed by atoms with Gasteiger partial charge in [0.2, 0.25) is 17.6 Å². The first kappa shape index (κ1) is 34.0. The third-order valence-corrected chi connectivity index (χ3v) is 7.60. The summed E-state index contributed by atoms with van der Waals surface area (Å²) in [4.78, 5) is 49.9. The SMILES string of the molecule is CCC(C)(OCCNC(=O)C(C)(C)N=NC(C)(C)C(=O)NCCO)C(=O)C(C)OC(=O)[C@H](C)P(C)C. The van der Waals surface area contributed by atoms with E-state index in [4.69, 9.17) is 14.6 Å². The molecule has 36 heavy (non-hydrogen) atoms. The lowest BCUT2D eigenvalue weighted by Gasteiger charge is -2.30. The maximum Gasteiger partial charge on any atom is 0.313 e. The number of esters is 1.